The fraction of sp³-hybridized carbons (Fsp3) is 0.105. The van der Waals surface area contributed by atoms with Crippen LogP contribution in [0.15, 0.2) is 70.0 Å². The molecule has 4 nitrogen and oxygen atoms in total. The van der Waals surface area contributed by atoms with Crippen molar-refractivity contribution < 1.29 is 14.3 Å². The van der Waals surface area contributed by atoms with Crippen LogP contribution >= 0.6 is 11.3 Å². The molecule has 1 aromatic carbocycles. The maximum absolute atomic E-state index is 11.8. The molecule has 1 amide bonds. The van der Waals surface area contributed by atoms with Crippen molar-refractivity contribution in [3.63, 3.8) is 0 Å². The van der Waals surface area contributed by atoms with Crippen LogP contribution in [0.1, 0.15) is 17.2 Å². The van der Waals surface area contributed by atoms with E-state index in [1.807, 2.05) is 53.2 Å². The number of aliphatic hydroxyl groups is 1. The van der Waals surface area contributed by atoms with Crippen molar-refractivity contribution in [2.75, 3.05) is 6.54 Å². The van der Waals surface area contributed by atoms with Gasteiger partial charge in [0.25, 0.3) is 0 Å². The fourth-order valence-electron chi connectivity index (χ4n) is 2.23. The van der Waals surface area contributed by atoms with Gasteiger partial charge in [-0.15, -0.1) is 0 Å². The van der Waals surface area contributed by atoms with Crippen LogP contribution in [-0.2, 0) is 4.79 Å². The van der Waals surface area contributed by atoms with Gasteiger partial charge in [0.15, 0.2) is 0 Å². The normalized spacial score (nSPS) is 12.4. The van der Waals surface area contributed by atoms with Crippen molar-refractivity contribution in [2.45, 2.75) is 6.10 Å². The molecule has 0 unspecified atom stereocenters. The summed E-state index contributed by atoms with van der Waals surface area (Å²) >= 11 is 1.58. The zero-order valence-corrected chi connectivity index (χ0v) is 13.7. The number of furan rings is 1. The highest BCUT2D eigenvalue weighted by Crippen LogP contribution is 2.22. The molecule has 0 aliphatic heterocycles. The first-order valence-electron chi connectivity index (χ1n) is 7.52. The first kappa shape index (κ1) is 16.2. The van der Waals surface area contributed by atoms with E-state index in [-0.39, 0.29) is 12.5 Å². The summed E-state index contributed by atoms with van der Waals surface area (Å²) in [5, 5.41) is 16.8. The lowest BCUT2D eigenvalue weighted by Crippen LogP contribution is -2.26. The zero-order chi connectivity index (χ0) is 16.8. The highest BCUT2D eigenvalue weighted by atomic mass is 32.1. The maximum atomic E-state index is 11.8. The van der Waals surface area contributed by atoms with Crippen molar-refractivity contribution in [2.24, 2.45) is 0 Å². The lowest BCUT2D eigenvalue weighted by atomic mass is 10.1. The Morgan fingerprint density at radius 1 is 1.25 bits per heavy atom. The average molecular weight is 339 g/mol. The predicted octanol–water partition coefficient (Wildman–Crippen LogP) is 3.87. The molecule has 0 saturated heterocycles. The number of rotatable bonds is 6. The minimum absolute atomic E-state index is 0.160. The van der Waals surface area contributed by atoms with Crippen molar-refractivity contribution >= 4 is 23.3 Å². The summed E-state index contributed by atoms with van der Waals surface area (Å²) in [5.41, 5.74) is 2.68. The number of nitrogens with one attached hydrogen (secondary N) is 1. The van der Waals surface area contributed by atoms with E-state index < -0.39 is 6.10 Å². The minimum Gasteiger partial charge on any atom is -0.464 e. The highest BCUT2D eigenvalue weighted by molar-refractivity contribution is 7.08. The molecule has 2 N–H and O–H groups in total. The molecule has 0 aliphatic rings. The molecule has 0 fully saturated rings. The van der Waals surface area contributed by atoms with Crippen molar-refractivity contribution in [1.82, 2.24) is 5.32 Å². The largest absolute Gasteiger partial charge is 0.464 e. The van der Waals surface area contributed by atoms with E-state index in [1.54, 1.807) is 23.7 Å². The Labute approximate surface area is 144 Å². The molecule has 0 saturated carbocycles. The van der Waals surface area contributed by atoms with Crippen LogP contribution in [0.5, 0.6) is 0 Å². The van der Waals surface area contributed by atoms with Gasteiger partial charge in [-0.1, -0.05) is 24.3 Å². The standard InChI is InChI=1S/C19H17NO3S/c21-17(12-20-19(22)8-3-14-9-11-24-13-14)15-4-6-16(7-5-15)18-2-1-10-23-18/h1-11,13,17,21H,12H2,(H,20,22)/b8-3+/t17-/m1/s1. The van der Waals surface area contributed by atoms with Crippen molar-refractivity contribution in [1.29, 1.82) is 0 Å². The SMILES string of the molecule is O=C(/C=C/c1ccsc1)NC[C@@H](O)c1ccc(-c2ccco2)cc1. The molecule has 0 spiro atoms. The molecule has 2 aromatic heterocycles. The van der Waals surface area contributed by atoms with Gasteiger partial charge >= 0.3 is 0 Å². The van der Waals surface area contributed by atoms with E-state index in [9.17, 15) is 9.90 Å². The van der Waals surface area contributed by atoms with Crippen LogP contribution in [-0.4, -0.2) is 17.6 Å². The molecule has 0 aliphatic carbocycles. The summed E-state index contributed by atoms with van der Waals surface area (Å²) in [6.07, 6.45) is 4.08. The Kier molecular flexibility index (Phi) is 5.25. The second-order valence-electron chi connectivity index (χ2n) is 5.25. The summed E-state index contributed by atoms with van der Waals surface area (Å²) < 4.78 is 5.33. The van der Waals surface area contributed by atoms with Gasteiger partial charge in [0.2, 0.25) is 5.91 Å². The Balaban J connectivity index is 1.53. The second kappa shape index (κ2) is 7.77. The lowest BCUT2D eigenvalue weighted by Gasteiger charge is -2.11. The Hall–Kier alpha value is -2.63. The molecule has 5 heteroatoms. The molecule has 0 bridgehead atoms. The van der Waals surface area contributed by atoms with E-state index in [0.29, 0.717) is 0 Å². The predicted molar refractivity (Wildman–Crippen MR) is 95.5 cm³/mol. The number of hydrogen-bond acceptors (Lipinski definition) is 4. The molecule has 2 heterocycles. The molecule has 3 rings (SSSR count). The number of hydrogen-bond donors (Lipinski definition) is 2. The van der Waals surface area contributed by atoms with Gasteiger partial charge < -0.3 is 14.8 Å². The van der Waals surface area contributed by atoms with Gasteiger partial charge in [0, 0.05) is 18.2 Å². The van der Waals surface area contributed by atoms with Crippen LogP contribution in [0.4, 0.5) is 0 Å². The third kappa shape index (κ3) is 4.22. The Morgan fingerprint density at radius 3 is 2.75 bits per heavy atom. The molecule has 3 aromatic rings. The van der Waals surface area contributed by atoms with Crippen LogP contribution in [0.3, 0.4) is 0 Å². The van der Waals surface area contributed by atoms with E-state index in [0.717, 1.165) is 22.5 Å². The molecule has 24 heavy (non-hydrogen) atoms. The third-order valence-electron chi connectivity index (χ3n) is 3.54. The summed E-state index contributed by atoms with van der Waals surface area (Å²) in [6, 6.07) is 13.1. The summed E-state index contributed by atoms with van der Waals surface area (Å²) in [6.45, 7) is 0.160. The first-order valence-corrected chi connectivity index (χ1v) is 8.46. The molecular formula is C19H17NO3S. The first-order chi connectivity index (χ1) is 11.7. The summed E-state index contributed by atoms with van der Waals surface area (Å²) in [4.78, 5) is 11.8. The zero-order valence-electron chi connectivity index (χ0n) is 12.9. The lowest BCUT2D eigenvalue weighted by molar-refractivity contribution is -0.116. The molecular weight excluding hydrogens is 322 g/mol. The quantitative estimate of drug-likeness (QED) is 0.670. The smallest absolute Gasteiger partial charge is 0.244 e. The van der Waals surface area contributed by atoms with Gasteiger partial charge in [-0.25, -0.2) is 0 Å². The van der Waals surface area contributed by atoms with Gasteiger partial charge in [-0.05, 0) is 46.2 Å². The Bertz CT molecular complexity index is 790. The topological polar surface area (TPSA) is 62.5 Å². The molecule has 0 radical (unpaired) electrons. The van der Waals surface area contributed by atoms with Gasteiger partial charge in [-0.2, -0.15) is 11.3 Å². The average Bonchev–Trinajstić information content (AvgIpc) is 3.31. The number of aliphatic hydroxyl groups excluding tert-OH is 1. The van der Waals surface area contributed by atoms with E-state index in [4.69, 9.17) is 4.42 Å². The van der Waals surface area contributed by atoms with Crippen LogP contribution < -0.4 is 5.32 Å². The van der Waals surface area contributed by atoms with Gasteiger partial charge in [0.1, 0.15) is 5.76 Å². The minimum atomic E-state index is -0.755. The van der Waals surface area contributed by atoms with Crippen molar-refractivity contribution in [3.05, 3.63) is 76.7 Å². The van der Waals surface area contributed by atoms with Crippen molar-refractivity contribution in [3.8, 4) is 11.3 Å². The molecule has 122 valence electrons. The van der Waals surface area contributed by atoms with E-state index in [2.05, 4.69) is 5.32 Å². The van der Waals surface area contributed by atoms with Gasteiger partial charge in [0.05, 0.1) is 12.4 Å². The number of thiophene rings is 1. The number of amides is 1. The monoisotopic (exact) mass is 339 g/mol. The number of carbonyl (C=O) groups excluding carboxylic acids is 1. The van der Waals surface area contributed by atoms with Gasteiger partial charge in [-0.3, -0.25) is 4.79 Å². The van der Waals surface area contributed by atoms with Crippen LogP contribution in [0.2, 0.25) is 0 Å². The van der Waals surface area contributed by atoms with Crippen LogP contribution in [0.25, 0.3) is 17.4 Å². The second-order valence-corrected chi connectivity index (χ2v) is 6.03. The summed E-state index contributed by atoms with van der Waals surface area (Å²) in [5.74, 6) is 0.551. The number of carbonyl (C=O) groups is 1. The van der Waals surface area contributed by atoms with Crippen LogP contribution in [0, 0.1) is 0 Å². The van der Waals surface area contributed by atoms with E-state index in [1.165, 1.54) is 6.08 Å². The third-order valence-corrected chi connectivity index (χ3v) is 4.24. The number of benzene rings is 1. The maximum Gasteiger partial charge on any atom is 0.244 e. The fourth-order valence-corrected chi connectivity index (χ4v) is 2.86. The van der Waals surface area contributed by atoms with E-state index >= 15 is 0 Å². The Morgan fingerprint density at radius 2 is 2.08 bits per heavy atom. The molecule has 1 atom stereocenters. The summed E-state index contributed by atoms with van der Waals surface area (Å²) in [7, 11) is 0. The highest BCUT2D eigenvalue weighted by Gasteiger charge is 2.09.